The molecule has 3 aromatic heterocycles. The summed E-state index contributed by atoms with van der Waals surface area (Å²) in [6.45, 7) is 4.24. The first-order valence-electron chi connectivity index (χ1n) is 10.6. The van der Waals surface area contributed by atoms with Crippen molar-refractivity contribution in [3.63, 3.8) is 0 Å². The molecule has 0 saturated heterocycles. The van der Waals surface area contributed by atoms with Crippen molar-refractivity contribution in [3.05, 3.63) is 53.7 Å². The summed E-state index contributed by atoms with van der Waals surface area (Å²) in [6, 6.07) is 3.70. The molecule has 2 aliphatic rings. The van der Waals surface area contributed by atoms with Gasteiger partial charge in [0.05, 0.1) is 46.7 Å². The van der Waals surface area contributed by atoms with Gasteiger partial charge in [0, 0.05) is 18.0 Å². The lowest BCUT2D eigenvalue weighted by Gasteiger charge is -2.30. The van der Waals surface area contributed by atoms with Gasteiger partial charge in [-0.25, -0.2) is 4.98 Å². The Balaban J connectivity index is 1.52. The van der Waals surface area contributed by atoms with Crippen LogP contribution in [0.1, 0.15) is 48.3 Å². The zero-order valence-electron chi connectivity index (χ0n) is 18.3. The summed E-state index contributed by atoms with van der Waals surface area (Å²) in [4.78, 5) is 23.9. The Morgan fingerprint density at radius 3 is 2.64 bits per heavy atom. The normalized spacial score (nSPS) is 17.4. The Labute approximate surface area is 188 Å². The van der Waals surface area contributed by atoms with E-state index in [1.807, 2.05) is 32.9 Å². The summed E-state index contributed by atoms with van der Waals surface area (Å²) in [5, 5.41) is 3.80. The van der Waals surface area contributed by atoms with Crippen LogP contribution in [0.4, 0.5) is 18.9 Å². The third-order valence-electron chi connectivity index (χ3n) is 5.83. The molecule has 1 aliphatic heterocycles. The Hall–Kier alpha value is -3.43. The van der Waals surface area contributed by atoms with Gasteiger partial charge in [0.25, 0.3) is 5.91 Å². The number of anilines is 1. The van der Waals surface area contributed by atoms with E-state index >= 15 is 0 Å². The summed E-state index contributed by atoms with van der Waals surface area (Å²) in [7, 11) is 0. The van der Waals surface area contributed by atoms with Crippen molar-refractivity contribution >= 4 is 11.6 Å². The highest BCUT2D eigenvalue weighted by Gasteiger charge is 2.47. The number of carbonyl (C=O) groups is 1. The van der Waals surface area contributed by atoms with Gasteiger partial charge in [0.15, 0.2) is 0 Å². The fraction of sp³-hybridized carbons (Fsp3) is 0.391. The number of hydrogen-bond acceptors (Lipinski definition) is 5. The van der Waals surface area contributed by atoms with Crippen molar-refractivity contribution in [2.75, 3.05) is 4.90 Å². The van der Waals surface area contributed by atoms with Gasteiger partial charge in [0.2, 0.25) is 0 Å². The van der Waals surface area contributed by atoms with Gasteiger partial charge in [-0.3, -0.25) is 19.4 Å². The van der Waals surface area contributed by atoms with Crippen LogP contribution >= 0.6 is 0 Å². The van der Waals surface area contributed by atoms with E-state index in [4.69, 9.17) is 9.72 Å². The number of carbonyl (C=O) groups excluding carboxylic acids is 1. The van der Waals surface area contributed by atoms with Crippen molar-refractivity contribution in [1.29, 1.82) is 0 Å². The fourth-order valence-corrected chi connectivity index (χ4v) is 4.18. The summed E-state index contributed by atoms with van der Waals surface area (Å²) >= 11 is 0. The molecule has 7 nitrogen and oxygen atoms in total. The van der Waals surface area contributed by atoms with Crippen molar-refractivity contribution in [1.82, 2.24) is 19.7 Å². The summed E-state index contributed by atoms with van der Waals surface area (Å²) in [5.74, 6) is 0.353. The van der Waals surface area contributed by atoms with Crippen LogP contribution in [0.2, 0.25) is 0 Å². The minimum atomic E-state index is -4.41. The lowest BCUT2D eigenvalue weighted by atomic mass is 9.96. The van der Waals surface area contributed by atoms with Crippen LogP contribution in [0.3, 0.4) is 0 Å². The average molecular weight is 457 g/mol. The first-order valence-corrected chi connectivity index (χ1v) is 10.6. The molecule has 10 heteroatoms. The van der Waals surface area contributed by atoms with Gasteiger partial charge < -0.3 is 4.74 Å². The summed E-state index contributed by atoms with van der Waals surface area (Å²) < 4.78 is 44.9. The number of rotatable bonds is 5. The van der Waals surface area contributed by atoms with Crippen LogP contribution < -0.4 is 9.64 Å². The number of nitrogens with zero attached hydrogens (tertiary/aromatic N) is 5. The van der Waals surface area contributed by atoms with E-state index in [9.17, 15) is 18.0 Å². The van der Waals surface area contributed by atoms with E-state index in [-0.39, 0.29) is 17.7 Å². The quantitative estimate of drug-likeness (QED) is 0.558. The number of amides is 1. The highest BCUT2D eigenvalue weighted by atomic mass is 19.4. The zero-order chi connectivity index (χ0) is 23.5. The number of halogens is 3. The average Bonchev–Trinajstić information content (AvgIpc) is 3.38. The molecule has 0 spiro atoms. The SMILES string of the molecule is Cc1cc(-c2cncc(OC3CC3)c2)nc2c1C(=O)N(c1cnn(CC(F)(F)F)c1)C2(C)C. The number of aryl methyl sites for hydroxylation is 1. The van der Waals surface area contributed by atoms with Crippen LogP contribution in [0.15, 0.2) is 36.9 Å². The second-order valence-electron chi connectivity index (χ2n) is 8.99. The number of alkyl halides is 3. The van der Waals surface area contributed by atoms with Gasteiger partial charge >= 0.3 is 6.18 Å². The zero-order valence-corrected chi connectivity index (χ0v) is 18.3. The molecular formula is C23H22F3N5O2. The van der Waals surface area contributed by atoms with E-state index in [1.54, 1.807) is 12.4 Å². The van der Waals surface area contributed by atoms with Crippen molar-refractivity contribution < 1.29 is 22.7 Å². The molecule has 33 heavy (non-hydrogen) atoms. The molecule has 1 aliphatic carbocycles. The Kier molecular flexibility index (Phi) is 4.73. The third-order valence-corrected chi connectivity index (χ3v) is 5.83. The lowest BCUT2D eigenvalue weighted by Crippen LogP contribution is -2.39. The Morgan fingerprint density at radius 1 is 1.18 bits per heavy atom. The van der Waals surface area contributed by atoms with Crippen molar-refractivity contribution in [2.24, 2.45) is 0 Å². The van der Waals surface area contributed by atoms with Crippen molar-refractivity contribution in [2.45, 2.75) is 58.0 Å². The molecule has 0 bridgehead atoms. The first kappa shape index (κ1) is 21.4. The van der Waals surface area contributed by atoms with Crippen molar-refractivity contribution in [3.8, 4) is 17.0 Å². The standard InChI is InChI=1S/C23H22F3N5O2/c1-13-6-18(14-7-17(10-27-8-14)33-16-4-5-16)29-20-19(13)21(32)31(22(20,2)3)15-9-28-30(11-15)12-23(24,25)26/h6-11,16H,4-5,12H2,1-3H3. The van der Waals surface area contributed by atoms with Crippen LogP contribution in [-0.4, -0.2) is 37.9 Å². The van der Waals surface area contributed by atoms with E-state index in [0.29, 0.717) is 22.7 Å². The van der Waals surface area contributed by atoms with Crippen LogP contribution in [-0.2, 0) is 12.1 Å². The molecule has 5 rings (SSSR count). The minimum Gasteiger partial charge on any atom is -0.489 e. The number of pyridine rings is 2. The molecule has 172 valence electrons. The second kappa shape index (κ2) is 7.29. The monoisotopic (exact) mass is 457 g/mol. The van der Waals surface area contributed by atoms with E-state index in [1.165, 1.54) is 17.3 Å². The number of ether oxygens (including phenoxy) is 1. The highest BCUT2D eigenvalue weighted by molar-refractivity contribution is 6.12. The lowest BCUT2D eigenvalue weighted by molar-refractivity contribution is -0.142. The summed E-state index contributed by atoms with van der Waals surface area (Å²) in [5.41, 5.74) is 2.54. The molecule has 0 atom stereocenters. The van der Waals surface area contributed by atoms with Gasteiger partial charge in [-0.15, -0.1) is 0 Å². The number of hydrogen-bond donors (Lipinski definition) is 0. The minimum absolute atomic E-state index is 0.236. The third kappa shape index (κ3) is 3.94. The molecule has 0 unspecified atom stereocenters. The fourth-order valence-electron chi connectivity index (χ4n) is 4.18. The van der Waals surface area contributed by atoms with Crippen LogP contribution in [0.25, 0.3) is 11.3 Å². The molecule has 0 aromatic carbocycles. The predicted molar refractivity (Wildman–Crippen MR) is 114 cm³/mol. The van der Waals surface area contributed by atoms with Gasteiger partial charge in [-0.2, -0.15) is 18.3 Å². The molecule has 4 heterocycles. The predicted octanol–water partition coefficient (Wildman–Crippen LogP) is 4.65. The molecule has 3 aromatic rings. The Morgan fingerprint density at radius 2 is 1.94 bits per heavy atom. The van der Waals surface area contributed by atoms with Crippen LogP contribution in [0, 0.1) is 6.92 Å². The number of fused-ring (bicyclic) bond motifs is 1. The van der Waals surface area contributed by atoms with E-state index in [2.05, 4.69) is 10.1 Å². The summed E-state index contributed by atoms with van der Waals surface area (Å²) in [6.07, 6.45) is 3.76. The molecule has 0 N–H and O–H groups in total. The van der Waals surface area contributed by atoms with E-state index < -0.39 is 18.3 Å². The van der Waals surface area contributed by atoms with E-state index in [0.717, 1.165) is 28.7 Å². The van der Waals surface area contributed by atoms with Gasteiger partial charge in [0.1, 0.15) is 12.3 Å². The first-order chi connectivity index (χ1) is 15.5. The molecular weight excluding hydrogens is 435 g/mol. The molecule has 1 saturated carbocycles. The highest BCUT2D eigenvalue weighted by Crippen LogP contribution is 2.43. The smallest absolute Gasteiger partial charge is 0.408 e. The Bertz CT molecular complexity index is 1250. The maximum atomic E-state index is 13.4. The maximum absolute atomic E-state index is 13.4. The second-order valence-corrected chi connectivity index (χ2v) is 8.99. The molecule has 1 amide bonds. The maximum Gasteiger partial charge on any atom is 0.408 e. The van der Waals surface area contributed by atoms with Crippen LogP contribution in [0.5, 0.6) is 5.75 Å². The topological polar surface area (TPSA) is 73.1 Å². The van der Waals surface area contributed by atoms with Gasteiger partial charge in [-0.1, -0.05) is 0 Å². The number of aromatic nitrogens is 4. The molecule has 1 fully saturated rings. The van der Waals surface area contributed by atoms with Gasteiger partial charge in [-0.05, 0) is 51.3 Å². The largest absolute Gasteiger partial charge is 0.489 e. The molecule has 0 radical (unpaired) electrons.